The number of carboxylic acid groups (broad SMARTS) is 1. The van der Waals surface area contributed by atoms with Gasteiger partial charge in [0.05, 0.1) is 17.7 Å². The Labute approximate surface area is 202 Å². The van der Waals surface area contributed by atoms with Crippen LogP contribution in [0.4, 0.5) is 27.9 Å². The number of β-amino-alcohol motifs (C(OH)–C–C–N with tert-alkyl or cyclic N) is 1. The summed E-state index contributed by atoms with van der Waals surface area (Å²) in [7, 11) is 0. The first-order valence-electron chi connectivity index (χ1n) is 10.9. The fraction of sp³-hybridized carbons (Fsp3) is 0.409. The summed E-state index contributed by atoms with van der Waals surface area (Å²) in [5, 5.41) is 27.7. The Bertz CT molecular complexity index is 1160. The van der Waals surface area contributed by atoms with Crippen LogP contribution < -0.4 is 10.1 Å². The summed E-state index contributed by atoms with van der Waals surface area (Å²) in [4.78, 5) is 10.5. The molecule has 0 saturated carbocycles. The first-order chi connectivity index (χ1) is 17.2. The summed E-state index contributed by atoms with van der Waals surface area (Å²) in [6.45, 7) is -1.32. The second-order valence-electron chi connectivity index (χ2n) is 7.84. The lowest BCUT2D eigenvalue weighted by atomic mass is 10.1. The summed E-state index contributed by atoms with van der Waals surface area (Å²) < 4.78 is 71.2. The molecular weight excluding hydrogens is 493 g/mol. The number of aliphatic hydroxyl groups excluding tert-OH is 1. The van der Waals surface area contributed by atoms with Crippen LogP contribution >= 0.6 is 0 Å². The van der Waals surface area contributed by atoms with Crippen molar-refractivity contribution < 1.29 is 41.7 Å². The van der Waals surface area contributed by atoms with Crippen molar-refractivity contribution in [3.63, 3.8) is 0 Å². The number of nitrogens with one attached hydrogen (secondary N) is 1. The minimum absolute atomic E-state index is 0.0298. The summed E-state index contributed by atoms with van der Waals surface area (Å²) in [6, 6.07) is 5.80. The van der Waals surface area contributed by atoms with E-state index >= 15 is 0 Å². The SMILES string of the molecule is O=CO.OCCN1CCC[C@@H](Nc2nnc(-c3ccc(C(F)(F)F)cc3OC(F)F)c3cccn23)C1. The summed E-state index contributed by atoms with van der Waals surface area (Å²) in [5.41, 5.74) is -0.558. The third-order valence-corrected chi connectivity index (χ3v) is 5.50. The van der Waals surface area contributed by atoms with Crippen LogP contribution in [0, 0.1) is 0 Å². The Balaban J connectivity index is 0.00000115. The molecule has 0 aliphatic carbocycles. The largest absolute Gasteiger partial charge is 0.483 e. The van der Waals surface area contributed by atoms with Crippen LogP contribution in [0.1, 0.15) is 18.4 Å². The smallest absolute Gasteiger partial charge is 0.416 e. The number of hydrogen-bond donors (Lipinski definition) is 3. The van der Waals surface area contributed by atoms with Gasteiger partial charge in [-0.05, 0) is 49.7 Å². The van der Waals surface area contributed by atoms with E-state index in [2.05, 4.69) is 25.2 Å². The van der Waals surface area contributed by atoms with Crippen LogP contribution in [0.2, 0.25) is 0 Å². The van der Waals surface area contributed by atoms with E-state index in [9.17, 15) is 27.1 Å². The number of halogens is 5. The normalized spacial score (nSPS) is 16.5. The maximum Gasteiger partial charge on any atom is 0.416 e. The van der Waals surface area contributed by atoms with Crippen molar-refractivity contribution >= 4 is 17.9 Å². The molecule has 0 amide bonds. The lowest BCUT2D eigenvalue weighted by molar-refractivity contribution is -0.138. The number of fused-ring (bicyclic) bond motifs is 1. The Morgan fingerprint density at radius 3 is 2.67 bits per heavy atom. The van der Waals surface area contributed by atoms with E-state index in [1.54, 1.807) is 22.7 Å². The molecule has 0 spiro atoms. The zero-order chi connectivity index (χ0) is 26.3. The molecular formula is C22H24F5N5O4. The monoisotopic (exact) mass is 517 g/mol. The highest BCUT2D eigenvalue weighted by molar-refractivity contribution is 5.81. The third-order valence-electron chi connectivity index (χ3n) is 5.50. The molecule has 9 nitrogen and oxygen atoms in total. The Morgan fingerprint density at radius 1 is 1.25 bits per heavy atom. The average molecular weight is 517 g/mol. The first kappa shape index (κ1) is 27.1. The molecule has 196 valence electrons. The minimum Gasteiger partial charge on any atom is -0.483 e. The van der Waals surface area contributed by atoms with Gasteiger partial charge in [0, 0.05) is 30.9 Å². The van der Waals surface area contributed by atoms with Crippen molar-refractivity contribution in [2.75, 3.05) is 31.6 Å². The van der Waals surface area contributed by atoms with Gasteiger partial charge in [-0.2, -0.15) is 22.0 Å². The number of aromatic nitrogens is 3. The molecule has 4 rings (SSSR count). The van der Waals surface area contributed by atoms with Gasteiger partial charge in [-0.3, -0.25) is 14.1 Å². The van der Waals surface area contributed by atoms with Crippen LogP contribution in [0.5, 0.6) is 5.75 Å². The van der Waals surface area contributed by atoms with Crippen LogP contribution in [-0.4, -0.2) is 75.1 Å². The number of piperidine rings is 1. The second-order valence-corrected chi connectivity index (χ2v) is 7.84. The third kappa shape index (κ3) is 6.57. The highest BCUT2D eigenvalue weighted by Gasteiger charge is 2.32. The molecule has 1 atom stereocenters. The van der Waals surface area contributed by atoms with Crippen molar-refractivity contribution in [3.05, 3.63) is 42.1 Å². The summed E-state index contributed by atoms with van der Waals surface area (Å²) in [5.74, 6) is -0.220. The van der Waals surface area contributed by atoms with E-state index in [0.717, 1.165) is 31.5 Å². The summed E-state index contributed by atoms with van der Waals surface area (Å²) in [6.07, 6.45) is -1.19. The molecule has 3 heterocycles. The number of likely N-dealkylation sites (tertiary alicyclic amines) is 1. The van der Waals surface area contributed by atoms with E-state index in [1.165, 1.54) is 0 Å². The Hall–Kier alpha value is -3.52. The van der Waals surface area contributed by atoms with Gasteiger partial charge in [-0.25, -0.2) is 0 Å². The molecule has 1 saturated heterocycles. The molecule has 1 aromatic carbocycles. The van der Waals surface area contributed by atoms with Gasteiger partial charge in [0.2, 0.25) is 5.95 Å². The van der Waals surface area contributed by atoms with Crippen molar-refractivity contribution in [1.29, 1.82) is 0 Å². The number of benzene rings is 1. The molecule has 14 heteroatoms. The van der Waals surface area contributed by atoms with Gasteiger partial charge in [-0.15, -0.1) is 10.2 Å². The van der Waals surface area contributed by atoms with Gasteiger partial charge in [-0.1, -0.05) is 0 Å². The maximum atomic E-state index is 13.1. The quantitative estimate of drug-likeness (QED) is 0.322. The number of anilines is 1. The standard InChI is InChI=1S/C21H22F5N5O2.CH2O2/c22-19(23)33-17-11-13(21(24,25)26)5-6-15(17)18-16-4-2-8-31(16)20(29-28-18)27-14-3-1-7-30(12-14)9-10-32;2-1-3/h2,4-6,8,11,14,19,32H,1,3,7,9-10,12H2,(H,27,29);1H,(H,2,3)/t14-;/m1./s1. The van der Waals surface area contributed by atoms with Gasteiger partial charge in [0.15, 0.2) is 0 Å². The maximum absolute atomic E-state index is 13.1. The number of alkyl halides is 5. The van der Waals surface area contributed by atoms with E-state index in [1.807, 2.05) is 0 Å². The van der Waals surface area contributed by atoms with E-state index < -0.39 is 24.1 Å². The second kappa shape index (κ2) is 11.9. The van der Waals surface area contributed by atoms with Crippen LogP contribution in [0.25, 0.3) is 16.8 Å². The zero-order valence-corrected chi connectivity index (χ0v) is 18.8. The molecule has 3 aromatic rings. The fourth-order valence-electron chi connectivity index (χ4n) is 4.03. The highest BCUT2D eigenvalue weighted by Crippen LogP contribution is 2.38. The van der Waals surface area contributed by atoms with Gasteiger partial charge >= 0.3 is 12.8 Å². The molecule has 0 unspecified atom stereocenters. The first-order valence-corrected chi connectivity index (χ1v) is 10.9. The molecule has 36 heavy (non-hydrogen) atoms. The predicted octanol–water partition coefficient (Wildman–Crippen LogP) is 3.59. The van der Waals surface area contributed by atoms with Crippen molar-refractivity contribution in [2.45, 2.75) is 31.7 Å². The van der Waals surface area contributed by atoms with Gasteiger partial charge < -0.3 is 20.3 Å². The Morgan fingerprint density at radius 2 is 2.00 bits per heavy atom. The molecule has 1 fully saturated rings. The van der Waals surface area contributed by atoms with E-state index in [4.69, 9.17) is 9.90 Å². The van der Waals surface area contributed by atoms with Crippen LogP contribution in [0.3, 0.4) is 0 Å². The van der Waals surface area contributed by atoms with Crippen molar-refractivity contribution in [3.8, 4) is 17.0 Å². The van der Waals surface area contributed by atoms with Crippen molar-refractivity contribution in [1.82, 2.24) is 19.5 Å². The average Bonchev–Trinajstić information content (AvgIpc) is 3.30. The van der Waals surface area contributed by atoms with Gasteiger partial charge in [0.25, 0.3) is 6.47 Å². The molecule has 0 bridgehead atoms. The fourth-order valence-corrected chi connectivity index (χ4v) is 4.03. The molecule has 0 radical (unpaired) electrons. The zero-order valence-electron chi connectivity index (χ0n) is 18.8. The molecule has 1 aliphatic rings. The minimum atomic E-state index is -4.72. The lowest BCUT2D eigenvalue weighted by Gasteiger charge is -2.32. The lowest BCUT2D eigenvalue weighted by Crippen LogP contribution is -2.43. The predicted molar refractivity (Wildman–Crippen MR) is 119 cm³/mol. The van der Waals surface area contributed by atoms with Crippen LogP contribution in [0.15, 0.2) is 36.5 Å². The Kier molecular flexibility index (Phi) is 8.98. The van der Waals surface area contributed by atoms with E-state index in [-0.39, 0.29) is 30.4 Å². The number of rotatable bonds is 7. The van der Waals surface area contributed by atoms with Crippen LogP contribution in [-0.2, 0) is 11.0 Å². The molecule has 1 aliphatic heterocycles. The number of ether oxygens (including phenoxy) is 1. The molecule has 3 N–H and O–H groups in total. The number of carbonyl (C=O) groups is 1. The van der Waals surface area contributed by atoms with E-state index in [0.29, 0.717) is 30.6 Å². The van der Waals surface area contributed by atoms with Crippen molar-refractivity contribution in [2.24, 2.45) is 0 Å². The molecule has 2 aromatic heterocycles. The summed E-state index contributed by atoms with van der Waals surface area (Å²) >= 11 is 0. The number of nitrogens with zero attached hydrogens (tertiary/aromatic N) is 4. The topological polar surface area (TPSA) is 112 Å². The highest BCUT2D eigenvalue weighted by atomic mass is 19.4. The number of hydrogen-bond acceptors (Lipinski definition) is 7. The number of aliphatic hydroxyl groups is 1. The van der Waals surface area contributed by atoms with Gasteiger partial charge in [0.1, 0.15) is 11.4 Å².